The van der Waals surface area contributed by atoms with Crippen molar-refractivity contribution in [2.24, 2.45) is 0 Å². The Morgan fingerprint density at radius 2 is 1.91 bits per heavy atom. The van der Waals surface area contributed by atoms with E-state index in [0.717, 1.165) is 31.1 Å². The van der Waals surface area contributed by atoms with E-state index in [-0.39, 0.29) is 23.3 Å². The first-order chi connectivity index (χ1) is 15.5. The van der Waals surface area contributed by atoms with Crippen LogP contribution >= 0.6 is 11.6 Å². The van der Waals surface area contributed by atoms with E-state index < -0.39 is 17.6 Å². The van der Waals surface area contributed by atoms with Crippen LogP contribution in [0, 0.1) is 5.82 Å². The van der Waals surface area contributed by atoms with Crippen molar-refractivity contribution in [1.29, 1.82) is 0 Å². The van der Waals surface area contributed by atoms with Crippen molar-refractivity contribution in [3.63, 3.8) is 0 Å². The van der Waals surface area contributed by atoms with E-state index >= 15 is 0 Å². The Morgan fingerprint density at radius 1 is 1.09 bits per heavy atom. The van der Waals surface area contributed by atoms with Crippen molar-refractivity contribution in [3.05, 3.63) is 94.5 Å². The lowest BCUT2D eigenvalue weighted by Gasteiger charge is -2.35. The number of nitrogens with zero attached hydrogens (tertiary/aromatic N) is 2. The highest BCUT2D eigenvalue weighted by atomic mass is 35.5. The predicted molar refractivity (Wildman–Crippen MR) is 121 cm³/mol. The predicted octanol–water partition coefficient (Wildman–Crippen LogP) is 3.73. The molecule has 6 nitrogen and oxygen atoms in total. The summed E-state index contributed by atoms with van der Waals surface area (Å²) in [6.07, 6.45) is 4.39. The number of carbonyl (C=O) groups is 2. The second-order valence-electron chi connectivity index (χ2n) is 7.58. The summed E-state index contributed by atoms with van der Waals surface area (Å²) in [5, 5.41) is 5.02. The summed E-state index contributed by atoms with van der Waals surface area (Å²) in [6, 6.07) is 15.7. The molecule has 3 aromatic rings. The molecular formula is C24H22ClFN4O2. The molecule has 2 amide bonds. The molecular weight excluding hydrogens is 431 g/mol. The molecule has 0 unspecified atom stereocenters. The monoisotopic (exact) mass is 452 g/mol. The van der Waals surface area contributed by atoms with Crippen molar-refractivity contribution in [2.45, 2.75) is 19.0 Å². The van der Waals surface area contributed by atoms with Gasteiger partial charge in [0, 0.05) is 37.7 Å². The third-order valence-electron chi connectivity index (χ3n) is 5.51. The van der Waals surface area contributed by atoms with Crippen LogP contribution in [-0.2, 0) is 22.6 Å². The summed E-state index contributed by atoms with van der Waals surface area (Å²) in [7, 11) is 0. The number of amides is 2. The van der Waals surface area contributed by atoms with Gasteiger partial charge in [-0.2, -0.15) is 0 Å². The molecule has 2 N–H and O–H groups in total. The molecule has 2 heterocycles. The van der Waals surface area contributed by atoms with Crippen LogP contribution in [0.15, 0.2) is 67.0 Å². The van der Waals surface area contributed by atoms with Crippen LogP contribution in [-0.4, -0.2) is 34.8 Å². The normalized spacial score (nSPS) is 14.3. The molecule has 1 atom stereocenters. The lowest BCUT2D eigenvalue weighted by atomic mass is 9.97. The maximum atomic E-state index is 13.3. The zero-order valence-electron chi connectivity index (χ0n) is 17.2. The van der Waals surface area contributed by atoms with E-state index in [4.69, 9.17) is 11.6 Å². The number of rotatable bonds is 5. The standard InChI is InChI=1S/C24H22ClFN4O2/c25-20-12-19(7-8-21(20)26)29-24(32)23(31)28-14-22(17-6-3-10-27-13-17)30-11-9-16-4-1-2-5-18(16)15-30/h1-8,10,12-13,22H,9,11,14-15H2,(H,28,31)(H,29,32)/t22-/m1/s1. The van der Waals surface area contributed by atoms with Gasteiger partial charge in [-0.1, -0.05) is 41.9 Å². The fraction of sp³-hybridized carbons (Fsp3) is 0.208. The van der Waals surface area contributed by atoms with Gasteiger partial charge in [-0.05, 0) is 47.4 Å². The average Bonchev–Trinajstić information content (AvgIpc) is 2.82. The summed E-state index contributed by atoms with van der Waals surface area (Å²) < 4.78 is 13.3. The summed E-state index contributed by atoms with van der Waals surface area (Å²) in [5.74, 6) is -2.23. The topological polar surface area (TPSA) is 74.3 Å². The highest BCUT2D eigenvalue weighted by molar-refractivity contribution is 6.39. The molecule has 1 aliphatic rings. The SMILES string of the molecule is O=C(NC[C@H](c1cccnc1)N1CCc2ccccc2C1)C(=O)Nc1ccc(F)c(Cl)c1. The largest absolute Gasteiger partial charge is 0.346 e. The van der Waals surface area contributed by atoms with Crippen LogP contribution in [0.1, 0.15) is 22.7 Å². The second-order valence-corrected chi connectivity index (χ2v) is 7.99. The lowest BCUT2D eigenvalue weighted by Crippen LogP contribution is -2.43. The number of halogens is 2. The third kappa shape index (κ3) is 5.12. The Hall–Kier alpha value is -3.29. The Bertz CT molecular complexity index is 1130. The van der Waals surface area contributed by atoms with Crippen LogP contribution in [0.5, 0.6) is 0 Å². The molecule has 32 heavy (non-hydrogen) atoms. The summed E-state index contributed by atoms with van der Waals surface area (Å²) in [4.78, 5) is 31.3. The first-order valence-corrected chi connectivity index (χ1v) is 10.6. The van der Waals surface area contributed by atoms with E-state index in [9.17, 15) is 14.0 Å². The molecule has 0 radical (unpaired) electrons. The number of benzene rings is 2. The fourth-order valence-electron chi connectivity index (χ4n) is 3.85. The van der Waals surface area contributed by atoms with E-state index in [2.05, 4.69) is 32.7 Å². The van der Waals surface area contributed by atoms with Crippen molar-refractivity contribution >= 4 is 29.1 Å². The van der Waals surface area contributed by atoms with Crippen LogP contribution in [0.2, 0.25) is 5.02 Å². The van der Waals surface area contributed by atoms with E-state index in [0.29, 0.717) is 0 Å². The van der Waals surface area contributed by atoms with Gasteiger partial charge in [0.25, 0.3) is 0 Å². The Morgan fingerprint density at radius 3 is 2.66 bits per heavy atom. The molecule has 2 aromatic carbocycles. The van der Waals surface area contributed by atoms with Crippen molar-refractivity contribution in [3.8, 4) is 0 Å². The molecule has 164 valence electrons. The average molecular weight is 453 g/mol. The van der Waals surface area contributed by atoms with E-state index in [1.54, 1.807) is 12.4 Å². The van der Waals surface area contributed by atoms with Crippen LogP contribution in [0.4, 0.5) is 10.1 Å². The maximum absolute atomic E-state index is 13.3. The van der Waals surface area contributed by atoms with Gasteiger partial charge < -0.3 is 10.6 Å². The number of carbonyl (C=O) groups excluding carboxylic acids is 2. The van der Waals surface area contributed by atoms with E-state index in [1.807, 2.05) is 24.3 Å². The highest BCUT2D eigenvalue weighted by Crippen LogP contribution is 2.27. The van der Waals surface area contributed by atoms with Gasteiger partial charge in [-0.25, -0.2) is 4.39 Å². The minimum Gasteiger partial charge on any atom is -0.346 e. The molecule has 4 rings (SSSR count). The van der Waals surface area contributed by atoms with Gasteiger partial charge in [0.2, 0.25) is 0 Å². The number of anilines is 1. The fourth-order valence-corrected chi connectivity index (χ4v) is 4.03. The van der Waals surface area contributed by atoms with Gasteiger partial charge in [0.15, 0.2) is 0 Å². The zero-order chi connectivity index (χ0) is 22.5. The molecule has 8 heteroatoms. The van der Waals surface area contributed by atoms with Crippen LogP contribution < -0.4 is 10.6 Å². The highest BCUT2D eigenvalue weighted by Gasteiger charge is 2.26. The van der Waals surface area contributed by atoms with Crippen LogP contribution in [0.3, 0.4) is 0 Å². The number of aromatic nitrogens is 1. The Kier molecular flexibility index (Phi) is 6.78. The second kappa shape index (κ2) is 9.89. The number of nitrogens with one attached hydrogen (secondary N) is 2. The Balaban J connectivity index is 1.44. The molecule has 0 saturated carbocycles. The van der Waals surface area contributed by atoms with Gasteiger partial charge in [-0.3, -0.25) is 19.5 Å². The first kappa shape index (κ1) is 21.9. The molecule has 0 saturated heterocycles. The number of fused-ring (bicyclic) bond motifs is 1. The smallest absolute Gasteiger partial charge is 0.313 e. The van der Waals surface area contributed by atoms with Gasteiger partial charge >= 0.3 is 11.8 Å². The molecule has 0 spiro atoms. The Labute approximate surface area is 190 Å². The molecule has 0 fully saturated rings. The van der Waals surface area contributed by atoms with E-state index in [1.165, 1.54) is 23.3 Å². The van der Waals surface area contributed by atoms with Gasteiger partial charge in [0.1, 0.15) is 5.82 Å². The van der Waals surface area contributed by atoms with Crippen molar-refractivity contribution in [1.82, 2.24) is 15.2 Å². The quantitative estimate of drug-likeness (QED) is 0.578. The summed E-state index contributed by atoms with van der Waals surface area (Å²) in [5.41, 5.74) is 3.78. The maximum Gasteiger partial charge on any atom is 0.313 e. The molecule has 0 bridgehead atoms. The number of pyridine rings is 1. The first-order valence-electron chi connectivity index (χ1n) is 10.3. The molecule has 1 aliphatic heterocycles. The number of hydrogen-bond acceptors (Lipinski definition) is 4. The third-order valence-corrected chi connectivity index (χ3v) is 5.80. The van der Waals surface area contributed by atoms with Crippen molar-refractivity contribution in [2.75, 3.05) is 18.4 Å². The molecule has 1 aromatic heterocycles. The van der Waals surface area contributed by atoms with Gasteiger partial charge in [0.05, 0.1) is 11.1 Å². The minimum atomic E-state index is -0.846. The number of hydrogen-bond donors (Lipinski definition) is 2. The van der Waals surface area contributed by atoms with Gasteiger partial charge in [-0.15, -0.1) is 0 Å². The molecule has 0 aliphatic carbocycles. The van der Waals surface area contributed by atoms with Crippen LogP contribution in [0.25, 0.3) is 0 Å². The lowest BCUT2D eigenvalue weighted by molar-refractivity contribution is -0.136. The minimum absolute atomic E-state index is 0.134. The van der Waals surface area contributed by atoms with Crippen molar-refractivity contribution < 1.29 is 14.0 Å². The zero-order valence-corrected chi connectivity index (χ0v) is 18.0. The summed E-state index contributed by atoms with van der Waals surface area (Å²) in [6.45, 7) is 1.81. The summed E-state index contributed by atoms with van der Waals surface area (Å²) >= 11 is 5.73.